The maximum absolute atomic E-state index is 13.9. The molecule has 2 saturated heterocycles. The summed E-state index contributed by atoms with van der Waals surface area (Å²) in [5.74, 6) is 1.52. The van der Waals surface area contributed by atoms with Gasteiger partial charge in [-0.1, -0.05) is 445 Å². The van der Waals surface area contributed by atoms with Crippen molar-refractivity contribution >= 4 is 11.9 Å². The minimum atomic E-state index is -1.83. The van der Waals surface area contributed by atoms with Crippen LogP contribution >= 0.6 is 0 Å². The minimum Gasteiger partial charge on any atom is -0.463 e. The summed E-state index contributed by atoms with van der Waals surface area (Å²) >= 11 is 0. The number of unbranched alkanes of at least 4 members (excludes halogenated alkanes) is 62. The van der Waals surface area contributed by atoms with Gasteiger partial charge in [-0.15, -0.1) is 0 Å². The van der Waals surface area contributed by atoms with E-state index in [1.807, 2.05) is 0 Å². The molecule has 15 nitrogen and oxygen atoms in total. The zero-order valence-electron chi connectivity index (χ0n) is 73.7. The molecular weight excluding hydrogens is 1410 g/mol. The summed E-state index contributed by atoms with van der Waals surface area (Å²) in [7, 11) is 0. The van der Waals surface area contributed by atoms with Crippen molar-refractivity contribution in [2.24, 2.45) is 23.7 Å². The van der Waals surface area contributed by atoms with Crippen LogP contribution in [-0.2, 0) is 33.3 Å². The molecule has 3 fully saturated rings. The Morgan fingerprint density at radius 2 is 0.643 bits per heavy atom. The molecule has 2 heterocycles. The van der Waals surface area contributed by atoms with Crippen LogP contribution in [-0.4, -0.2) is 140 Å². The average Bonchev–Trinajstić information content (AvgIpc) is 1.23. The molecule has 8 N–H and O–H groups in total. The summed E-state index contributed by atoms with van der Waals surface area (Å²) < 4.78 is 28.2. The van der Waals surface area contributed by atoms with Crippen molar-refractivity contribution in [3.63, 3.8) is 0 Å². The van der Waals surface area contributed by atoms with E-state index in [2.05, 4.69) is 27.7 Å². The molecule has 0 spiro atoms. The summed E-state index contributed by atoms with van der Waals surface area (Å²) in [5, 5.41) is 84.6. The Morgan fingerprint density at radius 3 is 1.00 bits per heavy atom. The number of aliphatic hydroxyl groups excluding tert-OH is 8. The van der Waals surface area contributed by atoms with Crippen molar-refractivity contribution in [2.45, 2.75) is 570 Å². The van der Waals surface area contributed by atoms with E-state index in [4.69, 9.17) is 23.7 Å². The van der Waals surface area contributed by atoms with Gasteiger partial charge in [0.1, 0.15) is 55.4 Å². The monoisotopic (exact) mass is 1590 g/mol. The number of aliphatic hydroxyl groups is 8. The van der Waals surface area contributed by atoms with Crippen LogP contribution in [0.25, 0.3) is 0 Å². The predicted octanol–water partition coefficient (Wildman–Crippen LogP) is 24.5. The highest BCUT2D eigenvalue weighted by Gasteiger charge is 2.50. The highest BCUT2D eigenvalue weighted by atomic mass is 16.8. The van der Waals surface area contributed by atoms with Crippen LogP contribution in [0.3, 0.4) is 0 Å². The Kier molecular flexibility index (Phi) is 68.6. The zero-order valence-corrected chi connectivity index (χ0v) is 73.7. The third-order valence-electron chi connectivity index (χ3n) is 25.9. The van der Waals surface area contributed by atoms with Gasteiger partial charge in [-0.05, 0) is 63.2 Å². The summed E-state index contributed by atoms with van der Waals surface area (Å²) in [6.07, 6.45) is 76.1. The first kappa shape index (κ1) is 105. The molecule has 10 unspecified atom stereocenters. The van der Waals surface area contributed by atoms with Crippen LogP contribution in [0.15, 0.2) is 0 Å². The Morgan fingerprint density at radius 1 is 0.348 bits per heavy atom. The standard InChI is InChI=1S/C97H186O15/c1-5-7-9-11-13-15-17-19-21-23-24-25-26-31-38-44-50-56-62-68-74-83(95(107)108-79-87-90(102)92(104)94(106)97(111-87)112-96-93(105)91(103)89(101)86(78-98)110-96)85(99)75-69-63-57-51-45-39-34-33-37-43-49-55-61-67-73-82-77-84(82)80(3)71-65-59-53-47-41-35-29-27-28-32-40-46-52-58-64-70-76-88(100)109-81(4)72-66-60-54-48-42-36-30-22-20-18-16-14-12-10-8-6-2/h80-87,89-94,96-99,101-106H,5-79H2,1-4H3/t80-,81-,82-,83+,84+,85+,86?,87?,89?,90?,91?,92?,93?,94?,96?,97?/m0/s1. The van der Waals surface area contributed by atoms with Gasteiger partial charge in [0, 0.05) is 6.42 Å². The van der Waals surface area contributed by atoms with Gasteiger partial charge < -0.3 is 64.5 Å². The molecule has 0 aromatic rings. The topological polar surface area (TPSA) is 242 Å². The van der Waals surface area contributed by atoms with Crippen LogP contribution in [0.5, 0.6) is 0 Å². The highest BCUT2D eigenvalue weighted by molar-refractivity contribution is 5.73. The number of ether oxygens (including phenoxy) is 5. The fourth-order valence-electron chi connectivity index (χ4n) is 18.0. The van der Waals surface area contributed by atoms with Gasteiger partial charge in [-0.2, -0.15) is 0 Å². The van der Waals surface area contributed by atoms with Gasteiger partial charge in [-0.25, -0.2) is 0 Å². The van der Waals surface area contributed by atoms with Gasteiger partial charge in [0.15, 0.2) is 12.6 Å². The number of hydrogen-bond acceptors (Lipinski definition) is 15. The normalized spacial score (nSPS) is 23.0. The van der Waals surface area contributed by atoms with E-state index in [9.17, 15) is 50.4 Å². The number of rotatable bonds is 83. The van der Waals surface area contributed by atoms with Crippen molar-refractivity contribution in [3.8, 4) is 0 Å². The zero-order chi connectivity index (χ0) is 81.0. The van der Waals surface area contributed by atoms with Crippen LogP contribution in [0, 0.1) is 23.7 Å². The van der Waals surface area contributed by atoms with Crippen molar-refractivity contribution < 1.29 is 74.1 Å². The molecule has 1 aliphatic carbocycles. The number of carbonyl (C=O) groups is 2. The molecule has 0 radical (unpaired) electrons. The fraction of sp³-hybridized carbons (Fsp3) is 0.979. The molecule has 2 aliphatic heterocycles. The van der Waals surface area contributed by atoms with Gasteiger partial charge >= 0.3 is 11.9 Å². The summed E-state index contributed by atoms with van der Waals surface area (Å²) in [5.41, 5.74) is 0. The lowest BCUT2D eigenvalue weighted by Gasteiger charge is -2.44. The maximum Gasteiger partial charge on any atom is 0.311 e. The quantitative estimate of drug-likeness (QED) is 0.0209. The fourth-order valence-corrected chi connectivity index (χ4v) is 18.0. The first-order valence-electron chi connectivity index (χ1n) is 49.4. The van der Waals surface area contributed by atoms with Crippen molar-refractivity contribution in [2.75, 3.05) is 13.2 Å². The van der Waals surface area contributed by atoms with Crippen LogP contribution in [0.4, 0.5) is 0 Å². The van der Waals surface area contributed by atoms with E-state index < -0.39 is 92.6 Å². The first-order valence-corrected chi connectivity index (χ1v) is 49.4. The van der Waals surface area contributed by atoms with E-state index in [-0.39, 0.29) is 12.1 Å². The lowest BCUT2D eigenvalue weighted by molar-refractivity contribution is -0.376. The lowest BCUT2D eigenvalue weighted by Crippen LogP contribution is -2.63. The minimum absolute atomic E-state index is 0.0151. The number of carbonyl (C=O) groups excluding carboxylic acids is 2. The van der Waals surface area contributed by atoms with Gasteiger partial charge in [0.05, 0.1) is 24.7 Å². The van der Waals surface area contributed by atoms with Gasteiger partial charge in [0.25, 0.3) is 0 Å². The van der Waals surface area contributed by atoms with Crippen molar-refractivity contribution in [1.82, 2.24) is 0 Å². The van der Waals surface area contributed by atoms with Gasteiger partial charge in [0.2, 0.25) is 0 Å². The SMILES string of the molecule is CCCCCCCCCCCCCCCCCCCCCC[C@@H](C(=O)OCC1OC(OC2OC(CO)C(O)C(O)C2O)C(O)C(O)C1O)[C@H](O)CCCCCCCCCCCCCCCC[C@H]1C[C@@H]1[C@@H](C)CCCCCCCCCCCCCCCCCCC(=O)O[C@@H](C)CCCCCCCCCCCCCCCCCC. The molecule has 15 heteroatoms. The molecule has 112 heavy (non-hydrogen) atoms. The van der Waals surface area contributed by atoms with E-state index in [1.165, 1.54) is 385 Å². The molecule has 0 amide bonds. The molecule has 1 saturated carbocycles. The average molecular weight is 1590 g/mol. The largest absolute Gasteiger partial charge is 0.463 e. The molecule has 3 aliphatic rings. The molecule has 0 bridgehead atoms. The van der Waals surface area contributed by atoms with Crippen molar-refractivity contribution in [3.05, 3.63) is 0 Å². The third kappa shape index (κ3) is 54.6. The Labute approximate surface area is 689 Å². The van der Waals surface area contributed by atoms with Gasteiger partial charge in [-0.3, -0.25) is 9.59 Å². The van der Waals surface area contributed by atoms with E-state index in [1.54, 1.807) is 0 Å². The first-order chi connectivity index (χ1) is 54.7. The molecule has 0 aromatic carbocycles. The van der Waals surface area contributed by atoms with E-state index >= 15 is 0 Å². The van der Waals surface area contributed by atoms with E-state index in [0.29, 0.717) is 19.3 Å². The molecule has 664 valence electrons. The second kappa shape index (κ2) is 73.4. The lowest BCUT2D eigenvalue weighted by atomic mass is 9.91. The molecular formula is C97H186O15. The highest BCUT2D eigenvalue weighted by Crippen LogP contribution is 2.49. The van der Waals surface area contributed by atoms with Crippen LogP contribution in [0.1, 0.15) is 496 Å². The van der Waals surface area contributed by atoms with Crippen molar-refractivity contribution in [1.29, 1.82) is 0 Å². The predicted molar refractivity (Wildman–Crippen MR) is 462 cm³/mol. The smallest absolute Gasteiger partial charge is 0.311 e. The molecule has 0 aromatic heterocycles. The second-order valence-electron chi connectivity index (χ2n) is 36.4. The number of hydrogen-bond donors (Lipinski definition) is 8. The summed E-state index contributed by atoms with van der Waals surface area (Å²) in [4.78, 5) is 26.2. The third-order valence-corrected chi connectivity index (χ3v) is 25.9. The summed E-state index contributed by atoms with van der Waals surface area (Å²) in [6, 6.07) is 0. The van der Waals surface area contributed by atoms with E-state index in [0.717, 1.165) is 82.0 Å². The van der Waals surface area contributed by atoms with Crippen LogP contribution in [0.2, 0.25) is 0 Å². The Balaban J connectivity index is 1.11. The Bertz CT molecular complexity index is 2050. The molecule has 3 rings (SSSR count). The Hall–Kier alpha value is -1.50. The number of esters is 2. The summed E-state index contributed by atoms with van der Waals surface area (Å²) in [6.45, 7) is 7.97. The maximum atomic E-state index is 13.9. The van der Waals surface area contributed by atoms with Crippen LogP contribution < -0.4 is 0 Å². The molecule has 16 atom stereocenters. The second-order valence-corrected chi connectivity index (χ2v) is 36.4.